The van der Waals surface area contributed by atoms with Crippen LogP contribution in [0.1, 0.15) is 6.92 Å². The lowest BCUT2D eigenvalue weighted by Gasteiger charge is -2.31. The van der Waals surface area contributed by atoms with E-state index in [0.717, 1.165) is 0 Å². The third kappa shape index (κ3) is 6.30. The van der Waals surface area contributed by atoms with Gasteiger partial charge in [0.2, 0.25) is 26.0 Å². The number of nitrogens with zero attached hydrogens (tertiary/aromatic N) is 2. The van der Waals surface area contributed by atoms with Gasteiger partial charge in [0, 0.05) is 37.9 Å². The average molecular weight is 527 g/mol. The number of anilines is 1. The fourth-order valence-corrected chi connectivity index (χ4v) is 6.12. The summed E-state index contributed by atoms with van der Waals surface area (Å²) in [5, 5.41) is 2.59. The average Bonchev–Trinajstić information content (AvgIpc) is 2.83. The normalized spacial score (nSPS) is 16.5. The van der Waals surface area contributed by atoms with E-state index in [4.69, 9.17) is 9.47 Å². The number of benzene rings is 2. The first kappa shape index (κ1) is 26.9. The Morgan fingerprint density at radius 3 is 2.03 bits per heavy atom. The maximum Gasteiger partial charge on any atom is 0.243 e. The van der Waals surface area contributed by atoms with Crippen molar-refractivity contribution in [2.24, 2.45) is 0 Å². The molecule has 0 bridgehead atoms. The fraction of sp³-hybridized carbons (Fsp3) is 0.409. The van der Waals surface area contributed by atoms with Crippen LogP contribution in [-0.2, 0) is 24.8 Å². The Morgan fingerprint density at radius 2 is 1.46 bits per heavy atom. The molecular weight excluding hydrogens is 496 g/mol. The van der Waals surface area contributed by atoms with E-state index in [0.29, 0.717) is 37.6 Å². The lowest BCUT2D eigenvalue weighted by Crippen LogP contribution is -2.47. The molecule has 0 aromatic heterocycles. The van der Waals surface area contributed by atoms with Crippen molar-refractivity contribution in [3.8, 4) is 11.5 Å². The van der Waals surface area contributed by atoms with Gasteiger partial charge in [0.05, 0.1) is 30.1 Å². The second-order valence-corrected chi connectivity index (χ2v) is 11.7. The summed E-state index contributed by atoms with van der Waals surface area (Å²) in [7, 11) is -2.90. The molecule has 1 fully saturated rings. The van der Waals surface area contributed by atoms with Gasteiger partial charge >= 0.3 is 0 Å². The quantitative estimate of drug-likeness (QED) is 0.493. The second-order valence-electron chi connectivity index (χ2n) is 8.08. The number of amides is 1. The van der Waals surface area contributed by atoms with Crippen molar-refractivity contribution in [2.75, 3.05) is 52.8 Å². The molecular formula is C22H30N4O7S2. The molecule has 0 saturated carbocycles. The van der Waals surface area contributed by atoms with Crippen molar-refractivity contribution in [3.05, 3.63) is 42.5 Å². The van der Waals surface area contributed by atoms with E-state index in [2.05, 4.69) is 14.9 Å². The zero-order valence-corrected chi connectivity index (χ0v) is 21.6. The van der Waals surface area contributed by atoms with E-state index >= 15 is 0 Å². The first-order chi connectivity index (χ1) is 16.5. The van der Waals surface area contributed by atoms with Crippen LogP contribution in [-0.4, -0.2) is 85.4 Å². The summed E-state index contributed by atoms with van der Waals surface area (Å²) in [5.41, 5.74) is 0.337. The number of carbonyl (C=O) groups excluding carboxylic acids is 1. The lowest BCUT2D eigenvalue weighted by atomic mass is 10.3. The Balaban J connectivity index is 1.65. The minimum absolute atomic E-state index is 0.0896. The number of rotatable bonds is 9. The molecule has 0 aliphatic carbocycles. The van der Waals surface area contributed by atoms with Gasteiger partial charge in [-0.15, -0.1) is 0 Å². The van der Waals surface area contributed by atoms with Crippen LogP contribution in [0.5, 0.6) is 11.5 Å². The maximum absolute atomic E-state index is 12.8. The van der Waals surface area contributed by atoms with E-state index in [1.54, 1.807) is 0 Å². The largest absolute Gasteiger partial charge is 0.493 e. The lowest BCUT2D eigenvalue weighted by molar-refractivity contribution is -0.117. The Labute approximate surface area is 206 Å². The number of hydrogen-bond donors (Lipinski definition) is 2. The second kappa shape index (κ2) is 10.9. The van der Waals surface area contributed by atoms with Crippen molar-refractivity contribution in [1.82, 2.24) is 13.9 Å². The highest BCUT2D eigenvalue weighted by Crippen LogP contribution is 2.29. The van der Waals surface area contributed by atoms with Crippen molar-refractivity contribution in [1.29, 1.82) is 0 Å². The number of nitrogens with one attached hydrogen (secondary N) is 2. The van der Waals surface area contributed by atoms with Gasteiger partial charge in [-0.25, -0.2) is 16.8 Å². The number of hydrogen-bond acceptors (Lipinski definition) is 8. The van der Waals surface area contributed by atoms with Crippen LogP contribution in [0, 0.1) is 0 Å². The van der Waals surface area contributed by atoms with E-state index in [-0.39, 0.29) is 15.5 Å². The summed E-state index contributed by atoms with van der Waals surface area (Å²) in [5.74, 6) is -0.00172. The van der Waals surface area contributed by atoms with Crippen LogP contribution in [0.3, 0.4) is 0 Å². The molecule has 1 heterocycles. The topological polar surface area (TPSA) is 134 Å². The van der Waals surface area contributed by atoms with Crippen LogP contribution in [0.25, 0.3) is 0 Å². The van der Waals surface area contributed by atoms with Crippen molar-refractivity contribution in [3.63, 3.8) is 0 Å². The predicted octanol–water partition coefficient (Wildman–Crippen LogP) is 0.945. The summed E-state index contributed by atoms with van der Waals surface area (Å²) < 4.78 is 65.1. The van der Waals surface area contributed by atoms with Crippen molar-refractivity contribution in [2.45, 2.75) is 22.8 Å². The number of ether oxygens (including phenoxy) is 2. The highest BCUT2D eigenvalue weighted by atomic mass is 32.2. The Morgan fingerprint density at radius 1 is 0.886 bits per heavy atom. The van der Waals surface area contributed by atoms with E-state index < -0.39 is 32.0 Å². The molecule has 2 aromatic rings. The van der Waals surface area contributed by atoms with Crippen LogP contribution in [0.2, 0.25) is 0 Å². The molecule has 0 spiro atoms. The molecule has 192 valence electrons. The van der Waals surface area contributed by atoms with Gasteiger partial charge < -0.3 is 19.7 Å². The molecule has 1 aliphatic rings. The van der Waals surface area contributed by atoms with Gasteiger partial charge in [0.15, 0.2) is 11.5 Å². The van der Waals surface area contributed by atoms with Crippen LogP contribution >= 0.6 is 0 Å². The number of methoxy groups -OCH3 is 2. The molecule has 0 unspecified atom stereocenters. The van der Waals surface area contributed by atoms with Gasteiger partial charge in [-0.3, -0.25) is 4.79 Å². The number of sulfonamides is 2. The SMILES string of the molecule is COc1ccc(S(=O)(=O)N[C@H](C)C(=O)Nc2ccc(S(=O)(=O)N3CCN(C)CC3)cc2)cc1OC. The monoisotopic (exact) mass is 526 g/mol. The summed E-state index contributed by atoms with van der Waals surface area (Å²) in [6.07, 6.45) is 0. The molecule has 0 radical (unpaired) electrons. The standard InChI is InChI=1S/C22H30N4O7S2/c1-16(24-34(28,29)19-9-10-20(32-3)21(15-19)33-4)22(27)23-17-5-7-18(8-6-17)35(30,31)26-13-11-25(2)12-14-26/h5-10,15-16,24H,11-14H2,1-4H3,(H,23,27)/t16-/m1/s1. The van der Waals surface area contributed by atoms with E-state index in [1.807, 2.05) is 7.05 Å². The third-order valence-corrected chi connectivity index (χ3v) is 9.06. The number of carbonyl (C=O) groups is 1. The van der Waals surface area contributed by atoms with Crippen LogP contribution in [0.15, 0.2) is 52.3 Å². The first-order valence-corrected chi connectivity index (χ1v) is 13.7. The Kier molecular flexibility index (Phi) is 8.38. The van der Waals surface area contributed by atoms with Gasteiger partial charge in [-0.1, -0.05) is 0 Å². The van der Waals surface area contributed by atoms with E-state index in [9.17, 15) is 21.6 Å². The molecule has 13 heteroatoms. The highest BCUT2D eigenvalue weighted by molar-refractivity contribution is 7.89. The molecule has 11 nitrogen and oxygen atoms in total. The number of likely N-dealkylation sites (N-methyl/N-ethyl adjacent to an activating group) is 1. The summed E-state index contributed by atoms with van der Waals surface area (Å²) in [6, 6.07) is 8.76. The summed E-state index contributed by atoms with van der Waals surface area (Å²) in [6.45, 7) is 3.54. The fourth-order valence-electron chi connectivity index (χ4n) is 3.48. The van der Waals surface area contributed by atoms with Gasteiger partial charge in [0.1, 0.15) is 0 Å². The zero-order chi connectivity index (χ0) is 25.8. The molecule has 1 saturated heterocycles. The molecule has 2 N–H and O–H groups in total. The predicted molar refractivity (Wildman–Crippen MR) is 131 cm³/mol. The van der Waals surface area contributed by atoms with Crippen LogP contribution in [0.4, 0.5) is 5.69 Å². The summed E-state index contributed by atoms with van der Waals surface area (Å²) >= 11 is 0. The first-order valence-electron chi connectivity index (χ1n) is 10.8. The smallest absolute Gasteiger partial charge is 0.243 e. The molecule has 35 heavy (non-hydrogen) atoms. The van der Waals surface area contributed by atoms with Crippen LogP contribution < -0.4 is 19.5 Å². The maximum atomic E-state index is 12.8. The van der Waals surface area contributed by atoms with Crippen molar-refractivity contribution >= 4 is 31.6 Å². The third-order valence-electron chi connectivity index (χ3n) is 5.61. The van der Waals surface area contributed by atoms with E-state index in [1.165, 1.54) is 67.9 Å². The molecule has 1 atom stereocenters. The molecule has 3 rings (SSSR count). The Bertz CT molecular complexity index is 1260. The molecule has 2 aromatic carbocycles. The van der Waals surface area contributed by atoms with Gasteiger partial charge in [-0.05, 0) is 50.4 Å². The minimum atomic E-state index is -4.03. The summed E-state index contributed by atoms with van der Waals surface area (Å²) in [4.78, 5) is 14.7. The minimum Gasteiger partial charge on any atom is -0.493 e. The highest BCUT2D eigenvalue weighted by Gasteiger charge is 2.28. The van der Waals surface area contributed by atoms with Gasteiger partial charge in [-0.2, -0.15) is 9.03 Å². The Hall–Kier alpha value is -2.71. The molecule has 1 amide bonds. The molecule has 1 aliphatic heterocycles. The number of piperazine rings is 1. The zero-order valence-electron chi connectivity index (χ0n) is 20.0. The van der Waals surface area contributed by atoms with Gasteiger partial charge in [0.25, 0.3) is 0 Å². The van der Waals surface area contributed by atoms with Crippen molar-refractivity contribution < 1.29 is 31.1 Å².